The Balaban J connectivity index is 2.42. The Morgan fingerprint density at radius 2 is 1.85 bits per heavy atom. The number of ether oxygens (including phenoxy) is 2. The van der Waals surface area contributed by atoms with Crippen molar-refractivity contribution in [3.8, 4) is 5.75 Å². The highest BCUT2D eigenvalue weighted by Crippen LogP contribution is 2.35. The van der Waals surface area contributed by atoms with Crippen LogP contribution in [-0.4, -0.2) is 31.4 Å². The molecule has 0 fully saturated rings. The van der Waals surface area contributed by atoms with E-state index in [0.717, 1.165) is 23.8 Å². The predicted octanol–water partition coefficient (Wildman–Crippen LogP) is 4.48. The van der Waals surface area contributed by atoms with Crippen molar-refractivity contribution in [1.29, 1.82) is 0 Å². The molecule has 0 aliphatic rings. The number of anilines is 2. The van der Waals surface area contributed by atoms with Gasteiger partial charge in [-0.2, -0.15) is 13.2 Å². The Labute approximate surface area is 148 Å². The highest BCUT2D eigenvalue weighted by atomic mass is 19.4. The number of carboxylic acid groups (broad SMARTS) is 1. The van der Waals surface area contributed by atoms with Crippen LogP contribution in [-0.2, 0) is 10.9 Å². The number of methoxy groups -OCH3 is 1. The molecule has 2 aromatic carbocycles. The third-order valence-corrected chi connectivity index (χ3v) is 3.53. The zero-order chi connectivity index (χ0) is 19.3. The summed E-state index contributed by atoms with van der Waals surface area (Å²) in [4.78, 5) is 11.4. The maximum Gasteiger partial charge on any atom is 0.416 e. The van der Waals surface area contributed by atoms with Crippen LogP contribution in [0.2, 0.25) is 0 Å². The number of carboxylic acids is 1. The maximum absolute atomic E-state index is 13.0. The van der Waals surface area contributed by atoms with Crippen molar-refractivity contribution in [3.05, 3.63) is 53.1 Å². The quantitative estimate of drug-likeness (QED) is 0.705. The summed E-state index contributed by atoms with van der Waals surface area (Å²) in [6, 6.07) is 7.48. The zero-order valence-electron chi connectivity index (χ0n) is 14.2. The minimum absolute atomic E-state index is 0.173. The van der Waals surface area contributed by atoms with Gasteiger partial charge >= 0.3 is 12.1 Å². The second kappa shape index (κ2) is 8.09. The van der Waals surface area contributed by atoms with Crippen LogP contribution in [0, 0.1) is 6.92 Å². The first kappa shape index (κ1) is 19.6. The number of rotatable bonds is 7. The minimum atomic E-state index is -4.58. The maximum atomic E-state index is 13.0. The summed E-state index contributed by atoms with van der Waals surface area (Å²) < 4.78 is 49.4. The van der Waals surface area contributed by atoms with Gasteiger partial charge in [0, 0.05) is 7.11 Å². The zero-order valence-corrected chi connectivity index (χ0v) is 14.2. The highest BCUT2D eigenvalue weighted by Gasteiger charge is 2.31. The predicted molar refractivity (Wildman–Crippen MR) is 90.2 cm³/mol. The number of hydrogen-bond acceptors (Lipinski definition) is 4. The minimum Gasteiger partial charge on any atom is -0.489 e. The lowest BCUT2D eigenvalue weighted by atomic mass is 10.1. The number of alkyl halides is 3. The Morgan fingerprint density at radius 1 is 1.12 bits per heavy atom. The molecule has 2 aromatic rings. The third kappa shape index (κ3) is 4.89. The SMILES string of the molecule is COCCOc1cc(C)ccc1Nc1cc(C(F)(F)F)ccc1C(=O)O. The van der Waals surface area contributed by atoms with Crippen molar-refractivity contribution in [2.45, 2.75) is 13.1 Å². The molecule has 140 valence electrons. The van der Waals surface area contributed by atoms with Crippen molar-refractivity contribution in [3.63, 3.8) is 0 Å². The van der Waals surface area contributed by atoms with Gasteiger partial charge in [-0.15, -0.1) is 0 Å². The monoisotopic (exact) mass is 369 g/mol. The van der Waals surface area contributed by atoms with E-state index in [2.05, 4.69) is 5.32 Å². The van der Waals surface area contributed by atoms with E-state index in [1.54, 1.807) is 18.2 Å². The Bertz CT molecular complexity index is 790. The first-order valence-corrected chi connectivity index (χ1v) is 7.66. The number of aromatic carboxylic acids is 1. The topological polar surface area (TPSA) is 67.8 Å². The van der Waals surface area contributed by atoms with Gasteiger partial charge in [0.25, 0.3) is 0 Å². The summed E-state index contributed by atoms with van der Waals surface area (Å²) >= 11 is 0. The molecule has 0 atom stereocenters. The fraction of sp³-hybridized carbons (Fsp3) is 0.278. The van der Waals surface area contributed by atoms with E-state index < -0.39 is 17.7 Å². The lowest BCUT2D eigenvalue weighted by Crippen LogP contribution is -2.10. The first-order valence-electron chi connectivity index (χ1n) is 7.66. The molecular weight excluding hydrogens is 351 g/mol. The van der Waals surface area contributed by atoms with Crippen LogP contribution in [0.3, 0.4) is 0 Å². The molecule has 0 saturated heterocycles. The molecule has 0 spiro atoms. The van der Waals surface area contributed by atoms with E-state index in [-0.39, 0.29) is 17.9 Å². The molecular formula is C18H18F3NO4. The Morgan fingerprint density at radius 3 is 2.46 bits per heavy atom. The number of nitrogens with one attached hydrogen (secondary N) is 1. The molecule has 2 N–H and O–H groups in total. The lowest BCUT2D eigenvalue weighted by Gasteiger charge is -2.17. The number of benzene rings is 2. The molecule has 0 bridgehead atoms. The van der Waals surface area contributed by atoms with Crippen LogP contribution < -0.4 is 10.1 Å². The molecule has 0 unspecified atom stereocenters. The van der Waals surface area contributed by atoms with Gasteiger partial charge in [0.2, 0.25) is 0 Å². The van der Waals surface area contributed by atoms with Crippen LogP contribution in [0.4, 0.5) is 24.5 Å². The third-order valence-electron chi connectivity index (χ3n) is 3.53. The molecule has 0 radical (unpaired) electrons. The van der Waals surface area contributed by atoms with Crippen molar-refractivity contribution in [2.75, 3.05) is 25.6 Å². The van der Waals surface area contributed by atoms with Crippen molar-refractivity contribution in [1.82, 2.24) is 0 Å². The number of halogens is 3. The molecule has 26 heavy (non-hydrogen) atoms. The highest BCUT2D eigenvalue weighted by molar-refractivity contribution is 5.95. The van der Waals surface area contributed by atoms with Gasteiger partial charge in [-0.25, -0.2) is 4.79 Å². The second-order valence-electron chi connectivity index (χ2n) is 5.53. The normalized spacial score (nSPS) is 11.3. The molecule has 0 heterocycles. The summed E-state index contributed by atoms with van der Waals surface area (Å²) in [6.07, 6.45) is -4.58. The molecule has 5 nitrogen and oxygen atoms in total. The van der Waals surface area contributed by atoms with Crippen molar-refractivity contribution in [2.24, 2.45) is 0 Å². The number of aryl methyl sites for hydroxylation is 1. The summed E-state index contributed by atoms with van der Waals surface area (Å²) in [5.41, 5.74) is -0.160. The van der Waals surface area contributed by atoms with E-state index in [9.17, 15) is 23.1 Å². The molecule has 2 rings (SSSR count). The fourth-order valence-corrected chi connectivity index (χ4v) is 2.24. The molecule has 0 amide bonds. The average Bonchev–Trinajstić information content (AvgIpc) is 2.56. The van der Waals surface area contributed by atoms with Gasteiger partial charge in [-0.05, 0) is 42.8 Å². The van der Waals surface area contributed by atoms with Crippen LogP contribution >= 0.6 is 0 Å². The number of hydrogen-bond donors (Lipinski definition) is 2. The van der Waals surface area contributed by atoms with Gasteiger partial charge in [0.05, 0.1) is 29.1 Å². The van der Waals surface area contributed by atoms with E-state index in [1.165, 1.54) is 7.11 Å². The van der Waals surface area contributed by atoms with E-state index in [0.29, 0.717) is 18.0 Å². The Hall–Kier alpha value is -2.74. The Kier molecular flexibility index (Phi) is 6.10. The molecule has 0 saturated carbocycles. The largest absolute Gasteiger partial charge is 0.489 e. The van der Waals surface area contributed by atoms with Crippen LogP contribution in [0.5, 0.6) is 5.75 Å². The van der Waals surface area contributed by atoms with Crippen molar-refractivity contribution < 1.29 is 32.5 Å². The standard InChI is InChI=1S/C18H18F3NO4/c1-11-3-6-14(16(9-11)26-8-7-25-2)22-15-10-12(18(19,20)21)4-5-13(15)17(23)24/h3-6,9-10,22H,7-8H2,1-2H3,(H,23,24). The van der Waals surface area contributed by atoms with Crippen LogP contribution in [0.25, 0.3) is 0 Å². The van der Waals surface area contributed by atoms with Crippen molar-refractivity contribution >= 4 is 17.3 Å². The van der Waals surface area contributed by atoms with Gasteiger partial charge in [-0.3, -0.25) is 0 Å². The molecule has 0 aromatic heterocycles. The van der Waals surface area contributed by atoms with Gasteiger partial charge in [0.15, 0.2) is 0 Å². The van der Waals surface area contributed by atoms with Crippen LogP contribution in [0.1, 0.15) is 21.5 Å². The van der Waals surface area contributed by atoms with E-state index in [1.807, 2.05) is 6.92 Å². The summed E-state index contributed by atoms with van der Waals surface area (Å²) in [5, 5.41) is 12.0. The summed E-state index contributed by atoms with van der Waals surface area (Å²) in [5.74, 6) is -0.953. The summed E-state index contributed by atoms with van der Waals surface area (Å²) in [6.45, 7) is 2.40. The summed E-state index contributed by atoms with van der Waals surface area (Å²) in [7, 11) is 1.51. The molecule has 8 heteroatoms. The smallest absolute Gasteiger partial charge is 0.416 e. The van der Waals surface area contributed by atoms with Gasteiger partial charge < -0.3 is 19.9 Å². The van der Waals surface area contributed by atoms with E-state index in [4.69, 9.17) is 9.47 Å². The average molecular weight is 369 g/mol. The van der Waals surface area contributed by atoms with Crippen LogP contribution in [0.15, 0.2) is 36.4 Å². The van der Waals surface area contributed by atoms with Gasteiger partial charge in [0.1, 0.15) is 12.4 Å². The fourth-order valence-electron chi connectivity index (χ4n) is 2.24. The lowest BCUT2D eigenvalue weighted by molar-refractivity contribution is -0.137. The molecule has 0 aliphatic heterocycles. The number of carbonyl (C=O) groups is 1. The first-order chi connectivity index (χ1) is 12.2. The second-order valence-corrected chi connectivity index (χ2v) is 5.53. The van der Waals surface area contributed by atoms with Gasteiger partial charge in [-0.1, -0.05) is 6.07 Å². The molecule has 0 aliphatic carbocycles. The van der Waals surface area contributed by atoms with E-state index >= 15 is 0 Å².